The first-order chi connectivity index (χ1) is 27.2. The van der Waals surface area contributed by atoms with Crippen LogP contribution in [0.25, 0.3) is 0 Å². The summed E-state index contributed by atoms with van der Waals surface area (Å²) in [6, 6.07) is 0.683. The normalized spacial score (nSPS) is 12.4. The monoisotopic (exact) mass is 791 g/mol. The van der Waals surface area contributed by atoms with Gasteiger partial charge in [0.25, 0.3) is 0 Å². The van der Waals surface area contributed by atoms with Crippen molar-refractivity contribution < 1.29 is 28.6 Å². The van der Waals surface area contributed by atoms with Crippen LogP contribution >= 0.6 is 0 Å². The van der Waals surface area contributed by atoms with E-state index in [1.54, 1.807) is 0 Å². The van der Waals surface area contributed by atoms with Crippen LogP contribution in [-0.2, 0) is 23.8 Å². The molecule has 0 saturated heterocycles. The van der Waals surface area contributed by atoms with Crippen molar-refractivity contribution in [3.63, 3.8) is 0 Å². The van der Waals surface area contributed by atoms with Gasteiger partial charge in [-0.3, -0.25) is 14.5 Å². The Morgan fingerprint density at radius 2 is 0.911 bits per heavy atom. The van der Waals surface area contributed by atoms with Gasteiger partial charge in [0.2, 0.25) is 0 Å². The molecule has 56 heavy (non-hydrogen) atoms. The molecular weight excluding hydrogens is 701 g/mol. The van der Waals surface area contributed by atoms with E-state index in [0.717, 1.165) is 57.8 Å². The zero-order valence-electron chi connectivity index (χ0n) is 37.6. The highest BCUT2D eigenvalue weighted by Gasteiger charge is 2.19. The first kappa shape index (κ1) is 53.6. The average Bonchev–Trinajstić information content (AvgIpc) is 3.17. The summed E-state index contributed by atoms with van der Waals surface area (Å²) in [6.07, 6.45) is 39.8. The molecule has 0 fully saturated rings. The van der Waals surface area contributed by atoms with E-state index in [1.165, 1.54) is 109 Å². The number of hydrogen-bond acceptors (Lipinski definition) is 7. The molecule has 1 atom stereocenters. The maximum atomic E-state index is 12.8. The molecular formula is C48H90N2O6. The number of hydrogen-bond donors (Lipinski definition) is 1. The standard InChI is InChI=1S/C48H90N2O6/c1-7-9-11-13-15-17-19-21-23-25-27-29-31-33-35-37-46(51)55-42-45(41-49-48(53)54-40-39-50(43(3)4)44(5)6)56-47(52)38-36-34-32-30-28-26-24-22-20-18-16-14-12-10-8-2/h21-24,43-45H,7-20,25-42H2,1-6H3,(H,49,53)/b23-21-,24-22-. The molecule has 0 aromatic heterocycles. The van der Waals surface area contributed by atoms with Crippen molar-refractivity contribution in [2.45, 2.75) is 240 Å². The molecule has 8 nitrogen and oxygen atoms in total. The number of unbranched alkanes of at least 4 members (excludes halogenated alkanes) is 22. The Morgan fingerprint density at radius 3 is 1.34 bits per heavy atom. The van der Waals surface area contributed by atoms with Crippen molar-refractivity contribution >= 4 is 18.0 Å². The highest BCUT2D eigenvalue weighted by atomic mass is 16.6. The lowest BCUT2D eigenvalue weighted by atomic mass is 10.1. The third kappa shape index (κ3) is 37.2. The molecule has 0 aliphatic heterocycles. The topological polar surface area (TPSA) is 94.2 Å². The van der Waals surface area contributed by atoms with E-state index >= 15 is 0 Å². The Kier molecular flexibility index (Phi) is 39.1. The summed E-state index contributed by atoms with van der Waals surface area (Å²) in [5.74, 6) is -0.633. The lowest BCUT2D eigenvalue weighted by molar-refractivity contribution is -0.158. The van der Waals surface area contributed by atoms with Crippen LogP contribution in [0.4, 0.5) is 4.79 Å². The first-order valence-corrected chi connectivity index (χ1v) is 23.5. The number of nitrogens with one attached hydrogen (secondary N) is 1. The van der Waals surface area contributed by atoms with E-state index in [-0.39, 0.29) is 31.7 Å². The van der Waals surface area contributed by atoms with Gasteiger partial charge in [0.05, 0.1) is 6.54 Å². The summed E-state index contributed by atoms with van der Waals surface area (Å²) >= 11 is 0. The number of allylic oxidation sites excluding steroid dienone is 4. The van der Waals surface area contributed by atoms with Crippen LogP contribution in [0.1, 0.15) is 221 Å². The Morgan fingerprint density at radius 1 is 0.518 bits per heavy atom. The van der Waals surface area contributed by atoms with E-state index in [0.29, 0.717) is 31.5 Å². The smallest absolute Gasteiger partial charge is 0.407 e. The number of amides is 1. The van der Waals surface area contributed by atoms with E-state index in [1.807, 2.05) is 0 Å². The summed E-state index contributed by atoms with van der Waals surface area (Å²) in [6.45, 7) is 13.8. The van der Waals surface area contributed by atoms with Gasteiger partial charge in [0.1, 0.15) is 13.2 Å². The fraction of sp³-hybridized carbons (Fsp3) is 0.854. The van der Waals surface area contributed by atoms with Gasteiger partial charge in [-0.2, -0.15) is 0 Å². The van der Waals surface area contributed by atoms with Crippen LogP contribution in [0.15, 0.2) is 24.3 Å². The Balaban J connectivity index is 4.43. The number of ether oxygens (including phenoxy) is 3. The molecule has 8 heteroatoms. The fourth-order valence-electron chi connectivity index (χ4n) is 6.92. The van der Waals surface area contributed by atoms with Gasteiger partial charge in [-0.1, -0.05) is 141 Å². The molecule has 0 aromatic carbocycles. The molecule has 0 bridgehead atoms. The minimum Gasteiger partial charge on any atom is -0.462 e. The van der Waals surface area contributed by atoms with Crippen molar-refractivity contribution in [3.8, 4) is 0 Å². The van der Waals surface area contributed by atoms with Crippen LogP contribution in [0, 0.1) is 0 Å². The molecule has 0 aliphatic carbocycles. The minimum atomic E-state index is -0.765. The largest absolute Gasteiger partial charge is 0.462 e. The molecule has 1 amide bonds. The summed E-state index contributed by atoms with van der Waals surface area (Å²) in [7, 11) is 0. The third-order valence-corrected chi connectivity index (χ3v) is 10.4. The molecule has 0 saturated carbocycles. The van der Waals surface area contributed by atoms with Crippen molar-refractivity contribution in [1.82, 2.24) is 10.2 Å². The fourth-order valence-corrected chi connectivity index (χ4v) is 6.92. The lowest BCUT2D eigenvalue weighted by Gasteiger charge is -2.30. The van der Waals surface area contributed by atoms with Gasteiger partial charge in [-0.25, -0.2) is 4.79 Å². The summed E-state index contributed by atoms with van der Waals surface area (Å²) in [4.78, 5) is 40.0. The van der Waals surface area contributed by atoms with Crippen molar-refractivity contribution in [2.24, 2.45) is 0 Å². The first-order valence-electron chi connectivity index (χ1n) is 23.5. The van der Waals surface area contributed by atoms with Crippen LogP contribution in [0.3, 0.4) is 0 Å². The van der Waals surface area contributed by atoms with E-state index in [2.05, 4.69) is 76.1 Å². The predicted molar refractivity (Wildman–Crippen MR) is 236 cm³/mol. The van der Waals surface area contributed by atoms with Crippen molar-refractivity contribution in [3.05, 3.63) is 24.3 Å². The molecule has 0 aliphatic rings. The van der Waals surface area contributed by atoms with E-state index < -0.39 is 12.2 Å². The molecule has 1 N–H and O–H groups in total. The maximum absolute atomic E-state index is 12.8. The van der Waals surface area contributed by atoms with Crippen LogP contribution in [-0.4, -0.2) is 67.4 Å². The second-order valence-corrected chi connectivity index (χ2v) is 16.4. The van der Waals surface area contributed by atoms with Gasteiger partial charge < -0.3 is 19.5 Å². The van der Waals surface area contributed by atoms with Crippen molar-refractivity contribution in [2.75, 3.05) is 26.3 Å². The van der Waals surface area contributed by atoms with E-state index in [9.17, 15) is 14.4 Å². The van der Waals surface area contributed by atoms with Gasteiger partial charge in [0, 0.05) is 31.5 Å². The second kappa shape index (κ2) is 40.8. The molecule has 0 heterocycles. The van der Waals surface area contributed by atoms with Crippen LogP contribution in [0.2, 0.25) is 0 Å². The quantitative estimate of drug-likeness (QED) is 0.0286. The molecule has 0 rings (SSSR count). The second-order valence-electron chi connectivity index (χ2n) is 16.4. The minimum absolute atomic E-state index is 0.0235. The number of carbonyl (C=O) groups is 3. The molecule has 0 radical (unpaired) electrons. The number of rotatable bonds is 40. The zero-order chi connectivity index (χ0) is 41.3. The number of alkyl carbamates (subject to hydrolysis) is 1. The Hall–Kier alpha value is -2.35. The van der Waals surface area contributed by atoms with Crippen molar-refractivity contribution in [1.29, 1.82) is 0 Å². The SMILES string of the molecule is CCCCCCCC/C=C\CCCCCCCC(=O)OCC(CNC(=O)OCCN(C(C)C)C(C)C)OC(=O)CCCCCCC/C=C\CCCCCCCC. The summed E-state index contributed by atoms with van der Waals surface area (Å²) in [5, 5.41) is 2.71. The molecule has 0 spiro atoms. The number of esters is 2. The highest BCUT2D eigenvalue weighted by molar-refractivity contribution is 5.70. The molecule has 1 unspecified atom stereocenters. The van der Waals surface area contributed by atoms with Crippen LogP contribution in [0.5, 0.6) is 0 Å². The van der Waals surface area contributed by atoms with E-state index in [4.69, 9.17) is 14.2 Å². The Bertz CT molecular complexity index is 957. The molecule has 0 aromatic rings. The Labute approximate surface area is 346 Å². The lowest BCUT2D eigenvalue weighted by Crippen LogP contribution is -2.41. The summed E-state index contributed by atoms with van der Waals surface area (Å²) in [5.41, 5.74) is 0. The van der Waals surface area contributed by atoms with Gasteiger partial charge >= 0.3 is 18.0 Å². The zero-order valence-corrected chi connectivity index (χ0v) is 37.6. The van der Waals surface area contributed by atoms with Crippen LogP contribution < -0.4 is 5.32 Å². The third-order valence-electron chi connectivity index (χ3n) is 10.4. The number of carbonyl (C=O) groups excluding carboxylic acids is 3. The van der Waals surface area contributed by atoms with Gasteiger partial charge in [-0.15, -0.1) is 0 Å². The number of nitrogens with zero attached hydrogens (tertiary/aromatic N) is 1. The summed E-state index contributed by atoms with van der Waals surface area (Å²) < 4.78 is 16.6. The van der Waals surface area contributed by atoms with Gasteiger partial charge in [0.15, 0.2) is 6.10 Å². The average molecular weight is 791 g/mol. The highest BCUT2D eigenvalue weighted by Crippen LogP contribution is 2.13. The predicted octanol–water partition coefficient (Wildman–Crippen LogP) is 13.4. The maximum Gasteiger partial charge on any atom is 0.407 e. The molecule has 328 valence electrons. The van der Waals surface area contributed by atoms with Gasteiger partial charge in [-0.05, 0) is 91.9 Å².